The molecular weight excluding hydrogens is 276 g/mol. The first-order valence-electron chi connectivity index (χ1n) is 8.63. The lowest BCUT2D eigenvalue weighted by Gasteiger charge is -2.32. The quantitative estimate of drug-likeness (QED) is 0.760. The largest absolute Gasteiger partial charge is 0.486 e. The van der Waals surface area contributed by atoms with Crippen molar-refractivity contribution >= 4 is 0 Å². The molecule has 0 aliphatic carbocycles. The van der Waals surface area contributed by atoms with Crippen LogP contribution in [-0.4, -0.2) is 37.7 Å². The van der Waals surface area contributed by atoms with Crippen molar-refractivity contribution < 1.29 is 9.47 Å². The van der Waals surface area contributed by atoms with Crippen molar-refractivity contribution in [3.05, 3.63) is 23.8 Å². The number of rotatable bonds is 9. The molecule has 1 aromatic rings. The predicted octanol–water partition coefficient (Wildman–Crippen LogP) is 3.36. The van der Waals surface area contributed by atoms with Crippen LogP contribution in [0.1, 0.15) is 51.1 Å². The van der Waals surface area contributed by atoms with Crippen molar-refractivity contribution in [1.82, 2.24) is 4.90 Å². The van der Waals surface area contributed by atoms with Crippen molar-refractivity contribution in [2.75, 3.05) is 32.8 Å². The first-order valence-corrected chi connectivity index (χ1v) is 8.63. The highest BCUT2D eigenvalue weighted by Gasteiger charge is 2.21. The van der Waals surface area contributed by atoms with E-state index >= 15 is 0 Å². The molecule has 0 bridgehead atoms. The first-order chi connectivity index (χ1) is 10.8. The van der Waals surface area contributed by atoms with Crippen LogP contribution in [0.4, 0.5) is 0 Å². The number of unbranched alkanes of at least 4 members (excludes halogenated alkanes) is 2. The van der Waals surface area contributed by atoms with Crippen LogP contribution in [0.25, 0.3) is 0 Å². The van der Waals surface area contributed by atoms with Crippen molar-refractivity contribution in [3.8, 4) is 11.5 Å². The molecule has 124 valence electrons. The smallest absolute Gasteiger partial charge is 0.161 e. The Labute approximate surface area is 134 Å². The van der Waals surface area contributed by atoms with Crippen molar-refractivity contribution in [2.24, 2.45) is 5.73 Å². The second kappa shape index (κ2) is 9.01. The van der Waals surface area contributed by atoms with Gasteiger partial charge in [0, 0.05) is 12.6 Å². The number of hydrogen-bond donors (Lipinski definition) is 1. The Morgan fingerprint density at radius 2 is 1.68 bits per heavy atom. The van der Waals surface area contributed by atoms with Crippen molar-refractivity contribution in [1.29, 1.82) is 0 Å². The van der Waals surface area contributed by atoms with Gasteiger partial charge in [0.25, 0.3) is 0 Å². The molecule has 0 spiro atoms. The van der Waals surface area contributed by atoms with Gasteiger partial charge in [0.05, 0.1) is 0 Å². The monoisotopic (exact) mass is 306 g/mol. The van der Waals surface area contributed by atoms with Gasteiger partial charge in [-0.05, 0) is 43.6 Å². The van der Waals surface area contributed by atoms with Gasteiger partial charge in [-0.3, -0.25) is 4.90 Å². The number of nitrogens with two attached hydrogens (primary N) is 1. The van der Waals surface area contributed by atoms with Crippen LogP contribution >= 0.6 is 0 Å². The third-order valence-electron chi connectivity index (χ3n) is 4.21. The third kappa shape index (κ3) is 4.37. The Kier molecular flexibility index (Phi) is 7.00. The van der Waals surface area contributed by atoms with E-state index in [4.69, 9.17) is 15.2 Å². The molecule has 0 amide bonds. The molecule has 0 aromatic heterocycles. The van der Waals surface area contributed by atoms with Gasteiger partial charge in [-0.2, -0.15) is 0 Å². The lowest BCUT2D eigenvalue weighted by molar-refractivity contribution is 0.169. The average molecular weight is 306 g/mol. The highest BCUT2D eigenvalue weighted by atomic mass is 16.6. The van der Waals surface area contributed by atoms with Crippen LogP contribution in [0.2, 0.25) is 0 Å². The second-order valence-electron chi connectivity index (χ2n) is 5.90. The Balaban J connectivity index is 2.16. The molecule has 1 atom stereocenters. The lowest BCUT2D eigenvalue weighted by atomic mass is 10.0. The van der Waals surface area contributed by atoms with Crippen LogP contribution in [0, 0.1) is 0 Å². The fraction of sp³-hybridized carbons (Fsp3) is 0.667. The molecule has 0 saturated carbocycles. The molecule has 1 unspecified atom stereocenters. The molecule has 1 heterocycles. The number of ether oxygens (including phenoxy) is 2. The molecule has 22 heavy (non-hydrogen) atoms. The van der Waals surface area contributed by atoms with Gasteiger partial charge < -0.3 is 15.2 Å². The first kappa shape index (κ1) is 17.1. The minimum absolute atomic E-state index is 0.258. The van der Waals surface area contributed by atoms with Crippen LogP contribution in [0.15, 0.2) is 18.2 Å². The molecule has 1 aliphatic heterocycles. The van der Waals surface area contributed by atoms with Crippen LogP contribution in [0.3, 0.4) is 0 Å². The minimum Gasteiger partial charge on any atom is -0.486 e. The van der Waals surface area contributed by atoms with E-state index in [1.807, 2.05) is 6.07 Å². The average Bonchev–Trinajstić information content (AvgIpc) is 2.57. The maximum atomic E-state index is 6.11. The standard InChI is InChI=1S/C18H30N2O2/c1-3-5-9-20(10-6-4-2)16(14-19)15-7-8-17-18(13-15)22-12-11-21-17/h7-8,13,16H,3-6,9-12,14,19H2,1-2H3. The van der Waals surface area contributed by atoms with E-state index in [0.29, 0.717) is 19.8 Å². The lowest BCUT2D eigenvalue weighted by Crippen LogP contribution is -2.35. The Bertz CT molecular complexity index is 443. The number of hydrogen-bond acceptors (Lipinski definition) is 4. The van der Waals surface area contributed by atoms with Gasteiger partial charge in [0.1, 0.15) is 13.2 Å². The summed E-state index contributed by atoms with van der Waals surface area (Å²) in [5.74, 6) is 1.70. The van der Waals surface area contributed by atoms with E-state index in [2.05, 4.69) is 30.9 Å². The SMILES string of the molecule is CCCCN(CCCC)C(CN)c1ccc2c(c1)OCCO2. The van der Waals surface area contributed by atoms with Crippen molar-refractivity contribution in [2.45, 2.75) is 45.6 Å². The summed E-state index contributed by atoms with van der Waals surface area (Å²) in [5.41, 5.74) is 7.35. The van der Waals surface area contributed by atoms with E-state index in [1.54, 1.807) is 0 Å². The predicted molar refractivity (Wildman–Crippen MR) is 90.6 cm³/mol. The zero-order valence-corrected chi connectivity index (χ0v) is 14.0. The van der Waals surface area contributed by atoms with E-state index in [0.717, 1.165) is 24.6 Å². The normalized spacial score (nSPS) is 15.1. The fourth-order valence-electron chi connectivity index (χ4n) is 2.91. The summed E-state index contributed by atoms with van der Waals surface area (Å²) in [5, 5.41) is 0. The summed E-state index contributed by atoms with van der Waals surface area (Å²) in [4.78, 5) is 2.53. The van der Waals surface area contributed by atoms with E-state index < -0.39 is 0 Å². The molecule has 0 radical (unpaired) electrons. The van der Waals surface area contributed by atoms with Gasteiger partial charge >= 0.3 is 0 Å². The summed E-state index contributed by atoms with van der Waals surface area (Å²) in [6, 6.07) is 6.52. The van der Waals surface area contributed by atoms with Gasteiger partial charge in [0.2, 0.25) is 0 Å². The van der Waals surface area contributed by atoms with E-state index in [9.17, 15) is 0 Å². The van der Waals surface area contributed by atoms with Crippen LogP contribution < -0.4 is 15.2 Å². The summed E-state index contributed by atoms with van der Waals surface area (Å²) in [6.07, 6.45) is 4.84. The molecule has 1 aromatic carbocycles. The molecular formula is C18H30N2O2. The summed E-state index contributed by atoms with van der Waals surface area (Å²) in [6.45, 7) is 8.57. The highest BCUT2D eigenvalue weighted by Crippen LogP contribution is 2.34. The minimum atomic E-state index is 0.258. The summed E-state index contributed by atoms with van der Waals surface area (Å²) >= 11 is 0. The molecule has 4 heteroatoms. The summed E-state index contributed by atoms with van der Waals surface area (Å²) < 4.78 is 11.3. The Morgan fingerprint density at radius 1 is 1.05 bits per heavy atom. The Hall–Kier alpha value is -1.26. The Morgan fingerprint density at radius 3 is 2.27 bits per heavy atom. The van der Waals surface area contributed by atoms with Crippen LogP contribution in [-0.2, 0) is 0 Å². The molecule has 1 aliphatic rings. The van der Waals surface area contributed by atoms with Gasteiger partial charge in [-0.15, -0.1) is 0 Å². The molecule has 2 N–H and O–H groups in total. The maximum Gasteiger partial charge on any atom is 0.161 e. The van der Waals surface area contributed by atoms with E-state index in [-0.39, 0.29) is 6.04 Å². The van der Waals surface area contributed by atoms with Crippen molar-refractivity contribution in [3.63, 3.8) is 0 Å². The second-order valence-corrected chi connectivity index (χ2v) is 5.90. The van der Waals surface area contributed by atoms with Gasteiger partial charge in [-0.1, -0.05) is 32.8 Å². The zero-order valence-electron chi connectivity index (χ0n) is 14.0. The van der Waals surface area contributed by atoms with Gasteiger partial charge in [0.15, 0.2) is 11.5 Å². The topological polar surface area (TPSA) is 47.7 Å². The number of fused-ring (bicyclic) bond motifs is 1. The molecule has 4 nitrogen and oxygen atoms in total. The molecule has 2 rings (SSSR count). The number of nitrogens with zero attached hydrogens (tertiary/aromatic N) is 1. The van der Waals surface area contributed by atoms with E-state index in [1.165, 1.54) is 31.2 Å². The fourth-order valence-corrected chi connectivity index (χ4v) is 2.91. The number of benzene rings is 1. The molecule has 0 fully saturated rings. The zero-order chi connectivity index (χ0) is 15.8. The van der Waals surface area contributed by atoms with Gasteiger partial charge in [-0.25, -0.2) is 0 Å². The van der Waals surface area contributed by atoms with Crippen LogP contribution in [0.5, 0.6) is 11.5 Å². The highest BCUT2D eigenvalue weighted by molar-refractivity contribution is 5.44. The molecule has 0 saturated heterocycles. The summed E-state index contributed by atoms with van der Waals surface area (Å²) in [7, 11) is 0. The third-order valence-corrected chi connectivity index (χ3v) is 4.21. The maximum absolute atomic E-state index is 6.11.